The summed E-state index contributed by atoms with van der Waals surface area (Å²) >= 11 is 5.75. The molecule has 4 nitrogen and oxygen atoms in total. The molecule has 0 amide bonds. The van der Waals surface area contributed by atoms with Crippen LogP contribution in [0, 0.1) is 5.41 Å². The average molecular weight is 362 g/mol. The van der Waals surface area contributed by atoms with Gasteiger partial charge in [0.2, 0.25) is 0 Å². The maximum atomic E-state index is 12.2. The summed E-state index contributed by atoms with van der Waals surface area (Å²) in [6, 6.07) is 2.81. The summed E-state index contributed by atoms with van der Waals surface area (Å²) < 4.78 is 44.9. The molecule has 1 atom stereocenters. The number of hydrogen-bond acceptors (Lipinski definition) is 4. The lowest BCUT2D eigenvalue weighted by atomic mass is 9.81. The first kappa shape index (κ1) is 20.8. The van der Waals surface area contributed by atoms with Crippen LogP contribution in [0.15, 0.2) is 18.2 Å². The van der Waals surface area contributed by atoms with Gasteiger partial charge in [0.1, 0.15) is 5.75 Å². The molecule has 0 saturated carbocycles. The van der Waals surface area contributed by atoms with E-state index in [1.807, 2.05) is 0 Å². The number of carbonyl (C=O) groups excluding carboxylic acids is 1. The smallest absolute Gasteiger partial charge is 0.469 e. The molecule has 0 aliphatic rings. The van der Waals surface area contributed by atoms with E-state index in [1.54, 1.807) is 13.8 Å². The highest BCUT2D eigenvalue weighted by Crippen LogP contribution is 2.37. The largest absolute Gasteiger partial charge is 0.573 e. The van der Waals surface area contributed by atoms with E-state index >= 15 is 0 Å². The van der Waals surface area contributed by atoms with E-state index < -0.39 is 29.5 Å². The van der Waals surface area contributed by atoms with Gasteiger partial charge in [0.15, 0.2) is 0 Å². The zero-order valence-electron chi connectivity index (χ0n) is 12.0. The summed E-state index contributed by atoms with van der Waals surface area (Å²) in [5, 5.41) is -0.249. The van der Waals surface area contributed by atoms with Crippen LogP contribution in [0.1, 0.15) is 25.5 Å². The Morgan fingerprint density at radius 2 is 1.86 bits per heavy atom. The molecule has 1 rings (SSSR count). The molecule has 2 N–H and O–H groups in total. The molecular formula is C13H16Cl2F3NO3. The van der Waals surface area contributed by atoms with Gasteiger partial charge in [-0.25, -0.2) is 0 Å². The van der Waals surface area contributed by atoms with Crippen molar-refractivity contribution in [3.05, 3.63) is 28.8 Å². The number of alkyl halides is 3. The maximum Gasteiger partial charge on any atom is 0.573 e. The standard InChI is InChI=1S/C13H15ClF3NO3.ClH/c1-12(2,11(19)20-3)10(18)7-4-5-9(8(14)6-7)21-13(15,16)17;/h4-6,10H,18H2,1-3H3;1H/t10-;/m1./s1. The van der Waals surface area contributed by atoms with Gasteiger partial charge in [-0.2, -0.15) is 0 Å². The van der Waals surface area contributed by atoms with Crippen LogP contribution >= 0.6 is 24.0 Å². The molecule has 0 unspecified atom stereocenters. The lowest BCUT2D eigenvalue weighted by molar-refractivity contribution is -0.274. The zero-order chi connectivity index (χ0) is 16.4. The van der Waals surface area contributed by atoms with Gasteiger partial charge in [0.25, 0.3) is 0 Å². The number of nitrogens with two attached hydrogens (primary N) is 1. The van der Waals surface area contributed by atoms with Crippen molar-refractivity contribution in [2.24, 2.45) is 11.1 Å². The fourth-order valence-corrected chi connectivity index (χ4v) is 1.95. The first-order valence-corrected chi connectivity index (χ1v) is 6.26. The van der Waals surface area contributed by atoms with Crippen molar-refractivity contribution in [1.29, 1.82) is 0 Å². The lowest BCUT2D eigenvalue weighted by Gasteiger charge is -2.29. The van der Waals surface area contributed by atoms with Gasteiger partial charge in [0.05, 0.1) is 17.5 Å². The minimum atomic E-state index is -4.83. The molecular weight excluding hydrogens is 346 g/mol. The fourth-order valence-electron chi connectivity index (χ4n) is 1.72. The molecule has 0 aliphatic heterocycles. The molecule has 0 fully saturated rings. The highest BCUT2D eigenvalue weighted by molar-refractivity contribution is 6.32. The van der Waals surface area contributed by atoms with Crippen LogP contribution in [0.4, 0.5) is 13.2 Å². The fraction of sp³-hybridized carbons (Fsp3) is 0.462. The van der Waals surface area contributed by atoms with Crippen molar-refractivity contribution in [1.82, 2.24) is 0 Å². The number of methoxy groups -OCH3 is 1. The van der Waals surface area contributed by atoms with Crippen molar-refractivity contribution in [2.75, 3.05) is 7.11 Å². The summed E-state index contributed by atoms with van der Waals surface area (Å²) in [5.41, 5.74) is 5.30. The second-order valence-corrected chi connectivity index (χ2v) is 5.34. The molecule has 0 radical (unpaired) electrons. The topological polar surface area (TPSA) is 61.5 Å². The Morgan fingerprint density at radius 3 is 2.27 bits per heavy atom. The van der Waals surface area contributed by atoms with Crippen LogP contribution < -0.4 is 10.5 Å². The number of rotatable bonds is 4. The van der Waals surface area contributed by atoms with Gasteiger partial charge in [-0.05, 0) is 31.5 Å². The summed E-state index contributed by atoms with van der Waals surface area (Å²) in [6.45, 7) is 3.13. The minimum Gasteiger partial charge on any atom is -0.469 e. The SMILES string of the molecule is COC(=O)C(C)(C)[C@H](N)c1ccc(OC(F)(F)F)c(Cl)c1.Cl. The van der Waals surface area contributed by atoms with Gasteiger partial charge in [-0.15, -0.1) is 25.6 Å². The van der Waals surface area contributed by atoms with E-state index in [0.29, 0.717) is 5.56 Å². The Kier molecular flexibility index (Phi) is 6.99. The first-order chi connectivity index (χ1) is 9.49. The van der Waals surface area contributed by atoms with Crippen LogP contribution in [0.3, 0.4) is 0 Å². The van der Waals surface area contributed by atoms with Crippen molar-refractivity contribution in [3.63, 3.8) is 0 Å². The Balaban J connectivity index is 0.00000441. The molecule has 126 valence electrons. The maximum absolute atomic E-state index is 12.2. The number of hydrogen-bond donors (Lipinski definition) is 1. The van der Waals surface area contributed by atoms with Crippen molar-refractivity contribution in [2.45, 2.75) is 26.3 Å². The van der Waals surface area contributed by atoms with Gasteiger partial charge >= 0.3 is 12.3 Å². The van der Waals surface area contributed by atoms with Crippen molar-refractivity contribution in [3.8, 4) is 5.75 Å². The second-order valence-electron chi connectivity index (χ2n) is 4.93. The van der Waals surface area contributed by atoms with E-state index in [4.69, 9.17) is 17.3 Å². The monoisotopic (exact) mass is 361 g/mol. The molecule has 1 aromatic rings. The number of benzene rings is 1. The second kappa shape index (κ2) is 7.39. The molecule has 9 heteroatoms. The van der Waals surface area contributed by atoms with Gasteiger partial charge in [-0.3, -0.25) is 4.79 Å². The van der Waals surface area contributed by atoms with Crippen LogP contribution in [-0.4, -0.2) is 19.4 Å². The van der Waals surface area contributed by atoms with E-state index in [2.05, 4.69) is 9.47 Å². The first-order valence-electron chi connectivity index (χ1n) is 5.88. The summed E-state index contributed by atoms with van der Waals surface area (Å²) in [7, 11) is 1.23. The van der Waals surface area contributed by atoms with E-state index in [-0.39, 0.29) is 17.4 Å². The Morgan fingerprint density at radius 1 is 1.32 bits per heavy atom. The summed E-state index contributed by atoms with van der Waals surface area (Å²) in [6.07, 6.45) is -4.83. The Hall–Kier alpha value is -1.18. The van der Waals surface area contributed by atoms with Crippen LogP contribution in [0.5, 0.6) is 5.75 Å². The minimum absolute atomic E-state index is 0. The van der Waals surface area contributed by atoms with Crippen LogP contribution in [-0.2, 0) is 9.53 Å². The number of carbonyl (C=O) groups is 1. The number of halogens is 5. The molecule has 0 spiro atoms. The normalized spacial score (nSPS) is 13.1. The Bertz CT molecular complexity index is 536. The predicted molar refractivity (Wildman–Crippen MR) is 78.1 cm³/mol. The van der Waals surface area contributed by atoms with Crippen molar-refractivity contribution < 1.29 is 27.4 Å². The third kappa shape index (κ3) is 4.93. The van der Waals surface area contributed by atoms with E-state index in [1.165, 1.54) is 19.2 Å². The number of esters is 1. The van der Waals surface area contributed by atoms with Gasteiger partial charge < -0.3 is 15.2 Å². The van der Waals surface area contributed by atoms with Crippen molar-refractivity contribution >= 4 is 30.0 Å². The molecule has 0 bridgehead atoms. The summed E-state index contributed by atoms with van der Waals surface area (Å²) in [5.74, 6) is -1.07. The molecule has 1 aromatic carbocycles. The van der Waals surface area contributed by atoms with Gasteiger partial charge in [0, 0.05) is 6.04 Å². The Labute approximate surface area is 137 Å². The molecule has 0 saturated heterocycles. The van der Waals surface area contributed by atoms with E-state index in [0.717, 1.165) is 6.07 Å². The van der Waals surface area contributed by atoms with Crippen LogP contribution in [0.25, 0.3) is 0 Å². The van der Waals surface area contributed by atoms with Gasteiger partial charge in [-0.1, -0.05) is 17.7 Å². The number of ether oxygens (including phenoxy) is 2. The molecule has 0 heterocycles. The quantitative estimate of drug-likeness (QED) is 0.827. The molecule has 22 heavy (non-hydrogen) atoms. The highest BCUT2D eigenvalue weighted by Gasteiger charge is 2.37. The summed E-state index contributed by atoms with van der Waals surface area (Å²) in [4.78, 5) is 11.7. The molecule has 0 aromatic heterocycles. The third-order valence-corrected chi connectivity index (χ3v) is 3.33. The lowest BCUT2D eigenvalue weighted by Crippen LogP contribution is -2.37. The zero-order valence-corrected chi connectivity index (χ0v) is 13.6. The van der Waals surface area contributed by atoms with Crippen LogP contribution in [0.2, 0.25) is 5.02 Å². The average Bonchev–Trinajstić information content (AvgIpc) is 2.37. The predicted octanol–water partition coefficient (Wildman–Crippen LogP) is 3.86. The van der Waals surface area contributed by atoms with E-state index in [9.17, 15) is 18.0 Å². The third-order valence-electron chi connectivity index (χ3n) is 3.03. The molecule has 0 aliphatic carbocycles. The highest BCUT2D eigenvalue weighted by atomic mass is 35.5.